The molecule has 1 aromatic heterocycles. The predicted octanol–water partition coefficient (Wildman–Crippen LogP) is 2.32. The molecule has 27 heavy (non-hydrogen) atoms. The van der Waals surface area contributed by atoms with Gasteiger partial charge in [-0.3, -0.25) is 14.7 Å². The lowest BCUT2D eigenvalue weighted by atomic mass is 10.0. The summed E-state index contributed by atoms with van der Waals surface area (Å²) >= 11 is 0. The smallest absolute Gasteiger partial charge is 0.242 e. The number of rotatable bonds is 5. The van der Waals surface area contributed by atoms with E-state index in [4.69, 9.17) is 0 Å². The second kappa shape index (κ2) is 7.19. The molecule has 3 atom stereocenters. The van der Waals surface area contributed by atoms with E-state index in [1.165, 1.54) is 6.20 Å². The van der Waals surface area contributed by atoms with Crippen molar-refractivity contribution in [2.45, 2.75) is 44.4 Å². The van der Waals surface area contributed by atoms with Crippen molar-refractivity contribution in [3.05, 3.63) is 54.4 Å². The Kier molecular flexibility index (Phi) is 4.74. The lowest BCUT2D eigenvalue weighted by Gasteiger charge is -2.39. The molecule has 4 rings (SSSR count). The number of nitrogens with one attached hydrogen (secondary N) is 1. The normalized spacial score (nSPS) is 23.0. The average molecular weight is 366 g/mol. The molecular weight excluding hydrogens is 340 g/mol. The fraction of sp³-hybridized carbons (Fsp3) is 0.429. The molecule has 1 unspecified atom stereocenters. The van der Waals surface area contributed by atoms with E-state index >= 15 is 0 Å². The zero-order chi connectivity index (χ0) is 19.0. The van der Waals surface area contributed by atoms with E-state index in [1.54, 1.807) is 12.3 Å². The first-order chi connectivity index (χ1) is 13.0. The van der Waals surface area contributed by atoms with Crippen LogP contribution in [0.1, 0.15) is 31.9 Å². The van der Waals surface area contributed by atoms with Crippen molar-refractivity contribution in [2.75, 3.05) is 18.0 Å². The maximum Gasteiger partial charge on any atom is 0.242 e. The number of benzene rings is 1. The lowest BCUT2D eigenvalue weighted by molar-refractivity contribution is -0.127. The third-order valence-electron chi connectivity index (χ3n) is 5.45. The number of hydrogen-bond donors (Lipinski definition) is 2. The summed E-state index contributed by atoms with van der Waals surface area (Å²) in [5.74, 6) is 0.250. The number of carbonyl (C=O) groups is 1. The summed E-state index contributed by atoms with van der Waals surface area (Å²) in [6, 6.07) is 12.3. The number of amides is 1. The Morgan fingerprint density at radius 3 is 2.59 bits per heavy atom. The van der Waals surface area contributed by atoms with E-state index in [0.717, 1.165) is 30.8 Å². The van der Waals surface area contributed by atoms with Crippen molar-refractivity contribution in [3.63, 3.8) is 0 Å². The highest BCUT2D eigenvalue weighted by atomic mass is 16.3. The standard InChI is InChI=1S/C21H26N4O2/c1-14(2)23-21(27)20(15-6-4-3-5-7-15)25-13-17-8-18(25)12-24(17)16-9-19(26)11-22-10-16/h3-7,9-11,14,17-18,20,26H,8,12-13H2,1-2H3,(H,23,27)/t17-,18-,20?/m0/s1. The van der Waals surface area contributed by atoms with Gasteiger partial charge >= 0.3 is 0 Å². The van der Waals surface area contributed by atoms with Gasteiger partial charge in [0.2, 0.25) is 5.91 Å². The summed E-state index contributed by atoms with van der Waals surface area (Å²) in [7, 11) is 0. The van der Waals surface area contributed by atoms with Crippen LogP contribution in [0.2, 0.25) is 0 Å². The number of hydrogen-bond acceptors (Lipinski definition) is 5. The maximum atomic E-state index is 13.0. The fourth-order valence-corrected chi connectivity index (χ4v) is 4.40. The molecule has 142 valence electrons. The SMILES string of the molecule is CC(C)NC(=O)C(c1ccccc1)N1C[C@@H]2C[C@H]1CN2c1cncc(O)c1. The molecule has 0 radical (unpaired) electrons. The molecular formula is C21H26N4O2. The molecule has 1 amide bonds. The summed E-state index contributed by atoms with van der Waals surface area (Å²) in [5, 5.41) is 12.8. The van der Waals surface area contributed by atoms with Crippen molar-refractivity contribution in [2.24, 2.45) is 0 Å². The second-order valence-corrected chi connectivity index (χ2v) is 7.77. The predicted molar refractivity (Wildman–Crippen MR) is 105 cm³/mol. The second-order valence-electron chi connectivity index (χ2n) is 7.77. The van der Waals surface area contributed by atoms with E-state index in [1.807, 2.05) is 44.2 Å². The molecule has 2 fully saturated rings. The Morgan fingerprint density at radius 2 is 1.96 bits per heavy atom. The van der Waals surface area contributed by atoms with Gasteiger partial charge in [-0.05, 0) is 25.8 Å². The minimum atomic E-state index is -0.270. The van der Waals surface area contributed by atoms with Crippen LogP contribution >= 0.6 is 0 Å². The molecule has 2 N–H and O–H groups in total. The molecule has 3 heterocycles. The van der Waals surface area contributed by atoms with Gasteiger partial charge in [0.25, 0.3) is 0 Å². The van der Waals surface area contributed by atoms with Crippen molar-refractivity contribution in [3.8, 4) is 5.75 Å². The lowest BCUT2D eigenvalue weighted by Crippen LogP contribution is -2.51. The van der Waals surface area contributed by atoms with Crippen LogP contribution in [0.25, 0.3) is 0 Å². The number of pyridine rings is 1. The van der Waals surface area contributed by atoms with E-state index in [2.05, 4.69) is 20.1 Å². The monoisotopic (exact) mass is 366 g/mol. The number of likely N-dealkylation sites (tertiary alicyclic amines) is 1. The van der Waals surface area contributed by atoms with Crippen LogP contribution in [-0.4, -0.2) is 52.1 Å². The Labute approximate surface area is 159 Å². The number of anilines is 1. The van der Waals surface area contributed by atoms with Gasteiger partial charge in [0, 0.05) is 37.3 Å². The molecule has 0 saturated carbocycles. The largest absolute Gasteiger partial charge is 0.506 e. The molecule has 2 bridgehead atoms. The number of aromatic hydroxyl groups is 1. The van der Waals surface area contributed by atoms with E-state index in [-0.39, 0.29) is 23.7 Å². The first kappa shape index (κ1) is 17.8. The quantitative estimate of drug-likeness (QED) is 0.850. The molecule has 6 heteroatoms. The molecule has 2 aliphatic heterocycles. The van der Waals surface area contributed by atoms with Crippen molar-refractivity contribution < 1.29 is 9.90 Å². The number of carbonyl (C=O) groups excluding carboxylic acids is 1. The van der Waals surface area contributed by atoms with Gasteiger partial charge in [-0.15, -0.1) is 0 Å². The Hall–Kier alpha value is -2.60. The van der Waals surface area contributed by atoms with Gasteiger partial charge in [0.15, 0.2) is 0 Å². The van der Waals surface area contributed by atoms with Crippen LogP contribution in [0, 0.1) is 0 Å². The van der Waals surface area contributed by atoms with Crippen molar-refractivity contribution in [1.29, 1.82) is 0 Å². The highest BCUT2D eigenvalue weighted by Crippen LogP contribution is 2.39. The fourth-order valence-electron chi connectivity index (χ4n) is 4.40. The van der Waals surface area contributed by atoms with Gasteiger partial charge in [-0.25, -0.2) is 0 Å². The Bertz CT molecular complexity index is 811. The average Bonchev–Trinajstić information content (AvgIpc) is 3.23. The van der Waals surface area contributed by atoms with Crippen LogP contribution in [0.3, 0.4) is 0 Å². The number of piperazine rings is 1. The molecule has 2 aliphatic rings. The van der Waals surface area contributed by atoms with E-state index in [0.29, 0.717) is 12.1 Å². The van der Waals surface area contributed by atoms with Crippen LogP contribution in [0.15, 0.2) is 48.8 Å². The zero-order valence-electron chi connectivity index (χ0n) is 15.7. The Balaban J connectivity index is 1.56. The number of nitrogens with zero attached hydrogens (tertiary/aromatic N) is 3. The van der Waals surface area contributed by atoms with Gasteiger partial charge in [-0.1, -0.05) is 30.3 Å². The first-order valence-electron chi connectivity index (χ1n) is 9.54. The van der Waals surface area contributed by atoms with Crippen molar-refractivity contribution in [1.82, 2.24) is 15.2 Å². The summed E-state index contributed by atoms with van der Waals surface area (Å²) in [6.45, 7) is 5.65. The molecule has 6 nitrogen and oxygen atoms in total. The van der Waals surface area contributed by atoms with Gasteiger partial charge in [-0.2, -0.15) is 0 Å². The van der Waals surface area contributed by atoms with Gasteiger partial charge in [0.05, 0.1) is 18.1 Å². The maximum absolute atomic E-state index is 13.0. The third-order valence-corrected chi connectivity index (χ3v) is 5.45. The number of fused-ring (bicyclic) bond motifs is 2. The number of aromatic nitrogens is 1. The van der Waals surface area contributed by atoms with Crippen LogP contribution < -0.4 is 10.2 Å². The summed E-state index contributed by atoms with van der Waals surface area (Å²) in [4.78, 5) is 21.7. The Morgan fingerprint density at radius 1 is 1.19 bits per heavy atom. The van der Waals surface area contributed by atoms with Crippen LogP contribution in [0.4, 0.5) is 5.69 Å². The van der Waals surface area contributed by atoms with Crippen LogP contribution in [0.5, 0.6) is 5.75 Å². The zero-order valence-corrected chi connectivity index (χ0v) is 15.7. The summed E-state index contributed by atoms with van der Waals surface area (Å²) in [6.07, 6.45) is 4.27. The highest BCUT2D eigenvalue weighted by molar-refractivity contribution is 5.83. The summed E-state index contributed by atoms with van der Waals surface area (Å²) in [5.41, 5.74) is 1.99. The minimum Gasteiger partial charge on any atom is -0.506 e. The molecule has 1 aromatic carbocycles. The molecule has 2 aromatic rings. The molecule has 0 aliphatic carbocycles. The van der Waals surface area contributed by atoms with Crippen molar-refractivity contribution >= 4 is 11.6 Å². The molecule has 2 saturated heterocycles. The third kappa shape index (κ3) is 3.49. The van der Waals surface area contributed by atoms with E-state index in [9.17, 15) is 9.90 Å². The van der Waals surface area contributed by atoms with Crippen LogP contribution in [-0.2, 0) is 4.79 Å². The topological polar surface area (TPSA) is 68.7 Å². The summed E-state index contributed by atoms with van der Waals surface area (Å²) < 4.78 is 0. The van der Waals surface area contributed by atoms with Gasteiger partial charge < -0.3 is 15.3 Å². The van der Waals surface area contributed by atoms with E-state index < -0.39 is 0 Å². The molecule has 0 spiro atoms. The van der Waals surface area contributed by atoms with Gasteiger partial charge in [0.1, 0.15) is 11.8 Å². The highest BCUT2D eigenvalue weighted by Gasteiger charge is 2.47. The first-order valence-corrected chi connectivity index (χ1v) is 9.54. The minimum absolute atomic E-state index is 0.0642.